The van der Waals surface area contributed by atoms with Crippen molar-refractivity contribution in [1.29, 1.82) is 0 Å². The number of aryl methyl sites for hydroxylation is 2. The van der Waals surface area contributed by atoms with E-state index in [1.54, 1.807) is 16.4 Å². The number of aliphatic hydroxyl groups excluding tert-OH is 1. The summed E-state index contributed by atoms with van der Waals surface area (Å²) >= 11 is 7.91. The average molecular weight is 263 g/mol. The number of halogens is 1. The number of hydrogen-bond donors (Lipinski definition) is 1. The topological polar surface area (TPSA) is 38.1 Å². The maximum Gasteiger partial charge on any atom is 0.130 e. The molecule has 1 heterocycles. The summed E-state index contributed by atoms with van der Waals surface area (Å²) < 4.78 is 1.65. The lowest BCUT2D eigenvalue weighted by molar-refractivity contribution is 0.164. The molecule has 3 nitrogen and oxygen atoms in total. The molecule has 0 saturated heterocycles. The number of hydrogen-bond acceptors (Lipinski definition) is 3. The minimum atomic E-state index is -0.312. The van der Waals surface area contributed by atoms with Crippen LogP contribution in [0.5, 0.6) is 0 Å². The Labute approximate surface area is 106 Å². The first-order valence-electron chi connectivity index (χ1n) is 5.41. The summed E-state index contributed by atoms with van der Waals surface area (Å²) in [6.45, 7) is 1.93. The van der Waals surface area contributed by atoms with Gasteiger partial charge in [0.05, 0.1) is 11.8 Å². The van der Waals surface area contributed by atoms with Crippen LogP contribution in [-0.2, 0) is 13.5 Å². The van der Waals surface area contributed by atoms with Crippen LogP contribution in [0.15, 0.2) is 0 Å². The molecule has 92 valence electrons. The Morgan fingerprint density at radius 2 is 2.25 bits per heavy atom. The second kappa shape index (κ2) is 6.52. The smallest absolute Gasteiger partial charge is 0.130 e. The van der Waals surface area contributed by atoms with Gasteiger partial charge >= 0.3 is 0 Å². The van der Waals surface area contributed by atoms with Crippen LogP contribution in [0.2, 0.25) is 5.15 Å². The van der Waals surface area contributed by atoms with Crippen LogP contribution < -0.4 is 0 Å². The number of thioether (sulfide) groups is 1. The van der Waals surface area contributed by atoms with Crippen LogP contribution in [0, 0.1) is 6.92 Å². The zero-order chi connectivity index (χ0) is 12.1. The third kappa shape index (κ3) is 3.68. The van der Waals surface area contributed by atoms with Crippen molar-refractivity contribution in [3.05, 3.63) is 16.4 Å². The van der Waals surface area contributed by atoms with Gasteiger partial charge in [0.25, 0.3) is 0 Å². The van der Waals surface area contributed by atoms with E-state index in [2.05, 4.69) is 11.4 Å². The molecule has 5 heteroatoms. The molecule has 1 N–H and O–H groups in total. The van der Waals surface area contributed by atoms with Crippen molar-refractivity contribution in [2.75, 3.05) is 12.0 Å². The lowest BCUT2D eigenvalue weighted by atomic mass is 10.1. The van der Waals surface area contributed by atoms with Crippen LogP contribution in [0.25, 0.3) is 0 Å². The number of rotatable bonds is 6. The van der Waals surface area contributed by atoms with Crippen molar-refractivity contribution in [2.45, 2.75) is 32.3 Å². The van der Waals surface area contributed by atoms with Gasteiger partial charge in [-0.3, -0.25) is 4.68 Å². The van der Waals surface area contributed by atoms with Crippen LogP contribution in [0.1, 0.15) is 24.1 Å². The van der Waals surface area contributed by atoms with E-state index in [-0.39, 0.29) is 6.10 Å². The van der Waals surface area contributed by atoms with Crippen molar-refractivity contribution < 1.29 is 5.11 Å². The maximum absolute atomic E-state index is 9.88. The summed E-state index contributed by atoms with van der Waals surface area (Å²) in [7, 11) is 1.82. The van der Waals surface area contributed by atoms with E-state index in [1.165, 1.54) is 0 Å². The molecule has 1 rings (SSSR count). The number of aliphatic hydroxyl groups is 1. The third-order valence-electron chi connectivity index (χ3n) is 2.60. The minimum absolute atomic E-state index is 0.312. The molecule has 0 aliphatic heterocycles. The summed E-state index contributed by atoms with van der Waals surface area (Å²) in [5.41, 5.74) is 1.89. The van der Waals surface area contributed by atoms with Gasteiger partial charge < -0.3 is 5.11 Å². The lowest BCUT2D eigenvalue weighted by Gasteiger charge is -2.09. The molecule has 1 aromatic rings. The van der Waals surface area contributed by atoms with E-state index in [9.17, 15) is 5.11 Å². The Kier molecular flexibility index (Phi) is 5.66. The average Bonchev–Trinajstić information content (AvgIpc) is 2.46. The van der Waals surface area contributed by atoms with Gasteiger partial charge in [-0.2, -0.15) is 16.9 Å². The van der Waals surface area contributed by atoms with Gasteiger partial charge in [-0.1, -0.05) is 11.6 Å². The molecule has 1 atom stereocenters. The van der Waals surface area contributed by atoms with Gasteiger partial charge in [0.1, 0.15) is 5.15 Å². The number of nitrogens with zero attached hydrogens (tertiary/aromatic N) is 2. The molecule has 0 fully saturated rings. The van der Waals surface area contributed by atoms with Crippen LogP contribution in [-0.4, -0.2) is 33.0 Å². The fourth-order valence-corrected chi connectivity index (χ4v) is 2.41. The normalized spacial score (nSPS) is 13.1. The largest absolute Gasteiger partial charge is 0.393 e. The standard InChI is InChI=1S/C11H19ClN2OS/c1-8-10(11(12)14(2)13-8)7-9(15)5-4-6-16-3/h9,15H,4-7H2,1-3H3. The molecule has 16 heavy (non-hydrogen) atoms. The Hall–Kier alpha value is -0.190. The van der Waals surface area contributed by atoms with Gasteiger partial charge in [-0.15, -0.1) is 0 Å². The van der Waals surface area contributed by atoms with Gasteiger partial charge in [0.2, 0.25) is 0 Å². The highest BCUT2D eigenvalue weighted by molar-refractivity contribution is 7.98. The highest BCUT2D eigenvalue weighted by Crippen LogP contribution is 2.21. The minimum Gasteiger partial charge on any atom is -0.393 e. The van der Waals surface area contributed by atoms with Crippen LogP contribution >= 0.6 is 23.4 Å². The number of aromatic nitrogens is 2. The van der Waals surface area contributed by atoms with Gasteiger partial charge in [-0.05, 0) is 31.8 Å². The molecule has 0 aliphatic rings. The zero-order valence-electron chi connectivity index (χ0n) is 10.0. The van der Waals surface area contributed by atoms with Gasteiger partial charge in [0.15, 0.2) is 0 Å². The molecular weight excluding hydrogens is 244 g/mol. The molecule has 0 amide bonds. The summed E-state index contributed by atoms with van der Waals surface area (Å²) in [5, 5.41) is 14.8. The Balaban J connectivity index is 2.52. The predicted octanol–water partition coefficient (Wildman–Crippen LogP) is 2.43. The molecule has 0 spiro atoms. The molecule has 0 aromatic carbocycles. The molecular formula is C11H19ClN2OS. The first-order chi connectivity index (χ1) is 7.56. The molecule has 1 unspecified atom stereocenters. The second-order valence-electron chi connectivity index (χ2n) is 3.97. The summed E-state index contributed by atoms with van der Waals surface area (Å²) in [4.78, 5) is 0. The van der Waals surface area contributed by atoms with Crippen molar-refractivity contribution in [3.8, 4) is 0 Å². The molecule has 1 aromatic heterocycles. The molecule has 0 bridgehead atoms. The highest BCUT2D eigenvalue weighted by atomic mass is 35.5. The molecule has 0 saturated carbocycles. The van der Waals surface area contributed by atoms with E-state index < -0.39 is 0 Å². The van der Waals surface area contributed by atoms with E-state index in [0.717, 1.165) is 29.9 Å². The molecule has 0 radical (unpaired) electrons. The van der Waals surface area contributed by atoms with Crippen molar-refractivity contribution in [3.63, 3.8) is 0 Å². The van der Waals surface area contributed by atoms with E-state index in [0.29, 0.717) is 11.6 Å². The maximum atomic E-state index is 9.88. The van der Waals surface area contributed by atoms with E-state index in [1.807, 2.05) is 14.0 Å². The van der Waals surface area contributed by atoms with E-state index >= 15 is 0 Å². The van der Waals surface area contributed by atoms with Crippen LogP contribution in [0.4, 0.5) is 0 Å². The van der Waals surface area contributed by atoms with Crippen LogP contribution in [0.3, 0.4) is 0 Å². The predicted molar refractivity (Wildman–Crippen MR) is 70.3 cm³/mol. The first-order valence-corrected chi connectivity index (χ1v) is 7.18. The Morgan fingerprint density at radius 1 is 1.56 bits per heavy atom. The fourth-order valence-electron chi connectivity index (χ4n) is 1.71. The van der Waals surface area contributed by atoms with E-state index in [4.69, 9.17) is 11.6 Å². The Morgan fingerprint density at radius 3 is 2.75 bits per heavy atom. The first kappa shape index (κ1) is 13.9. The summed E-state index contributed by atoms with van der Waals surface area (Å²) in [5.74, 6) is 1.09. The van der Waals surface area contributed by atoms with Crippen molar-refractivity contribution >= 4 is 23.4 Å². The SMILES string of the molecule is CSCCCC(O)Cc1c(C)nn(C)c1Cl. The Bertz CT molecular complexity index is 341. The fraction of sp³-hybridized carbons (Fsp3) is 0.727. The van der Waals surface area contributed by atoms with Crippen molar-refractivity contribution in [2.24, 2.45) is 7.05 Å². The van der Waals surface area contributed by atoms with Gasteiger partial charge in [0, 0.05) is 19.0 Å². The summed E-state index contributed by atoms with van der Waals surface area (Å²) in [6.07, 6.45) is 4.24. The highest BCUT2D eigenvalue weighted by Gasteiger charge is 2.15. The quantitative estimate of drug-likeness (QED) is 0.801. The second-order valence-corrected chi connectivity index (χ2v) is 5.31. The zero-order valence-corrected chi connectivity index (χ0v) is 11.6. The molecule has 0 aliphatic carbocycles. The lowest BCUT2D eigenvalue weighted by Crippen LogP contribution is -2.11. The monoisotopic (exact) mass is 262 g/mol. The third-order valence-corrected chi connectivity index (χ3v) is 3.77. The van der Waals surface area contributed by atoms with Crippen molar-refractivity contribution in [1.82, 2.24) is 9.78 Å². The van der Waals surface area contributed by atoms with Gasteiger partial charge in [-0.25, -0.2) is 0 Å². The summed E-state index contributed by atoms with van der Waals surface area (Å²) in [6, 6.07) is 0.